The lowest BCUT2D eigenvalue weighted by Gasteiger charge is -2.03. The van der Waals surface area contributed by atoms with Crippen LogP contribution in [0.4, 0.5) is 0 Å². The second kappa shape index (κ2) is 2.48. The smallest absolute Gasteiger partial charge is 0.123 e. The van der Waals surface area contributed by atoms with E-state index in [0.717, 1.165) is 19.1 Å². The lowest BCUT2D eigenvalue weighted by atomic mass is 10.0. The first-order valence-corrected chi connectivity index (χ1v) is 3.45. The van der Waals surface area contributed by atoms with Gasteiger partial charge in [-0.2, -0.15) is 0 Å². The second-order valence-corrected chi connectivity index (χ2v) is 3.01. The topological polar surface area (TPSA) is 43.1 Å². The lowest BCUT2D eigenvalue weighted by Crippen LogP contribution is -2.14. The minimum absolute atomic E-state index is 0.236. The molecule has 0 amide bonds. The van der Waals surface area contributed by atoms with E-state index in [1.165, 1.54) is 0 Å². The maximum atomic E-state index is 10.3. The van der Waals surface area contributed by atoms with E-state index in [0.29, 0.717) is 5.92 Å². The third-order valence-corrected chi connectivity index (χ3v) is 2.16. The molecule has 0 saturated heterocycles. The number of hydrogen-bond acceptors (Lipinski definition) is 2. The fourth-order valence-electron chi connectivity index (χ4n) is 1.52. The Hall–Kier alpha value is -0.370. The van der Waals surface area contributed by atoms with Crippen LogP contribution < -0.4 is 5.73 Å². The normalized spacial score (nSPS) is 43.1. The van der Waals surface area contributed by atoms with Gasteiger partial charge in [0, 0.05) is 12.0 Å². The summed E-state index contributed by atoms with van der Waals surface area (Å²) in [7, 11) is 0. The minimum Gasteiger partial charge on any atom is -0.328 e. The summed E-state index contributed by atoms with van der Waals surface area (Å²) in [5.41, 5.74) is 5.63. The highest BCUT2D eigenvalue weighted by Gasteiger charge is 2.28. The predicted octanol–water partition coefficient (Wildman–Crippen LogP) is 0.559. The van der Waals surface area contributed by atoms with Gasteiger partial charge in [0.05, 0.1) is 0 Å². The standard InChI is InChI=1S/C7H13NO/c1-5-2-7(8)3-6(5)4-9/h4-7H,2-3,8H2,1H3. The third-order valence-electron chi connectivity index (χ3n) is 2.16. The zero-order chi connectivity index (χ0) is 6.85. The molecule has 2 nitrogen and oxygen atoms in total. The highest BCUT2D eigenvalue weighted by Crippen LogP contribution is 2.28. The molecular formula is C7H13NO. The molecule has 52 valence electrons. The fourth-order valence-corrected chi connectivity index (χ4v) is 1.52. The SMILES string of the molecule is CC1CC(N)CC1C=O. The van der Waals surface area contributed by atoms with Crippen LogP contribution in [0.2, 0.25) is 0 Å². The van der Waals surface area contributed by atoms with Crippen molar-refractivity contribution in [1.82, 2.24) is 0 Å². The zero-order valence-electron chi connectivity index (χ0n) is 5.71. The molecule has 0 aromatic carbocycles. The number of aldehydes is 1. The summed E-state index contributed by atoms with van der Waals surface area (Å²) in [4.78, 5) is 10.3. The van der Waals surface area contributed by atoms with Crippen molar-refractivity contribution in [2.45, 2.75) is 25.8 Å². The summed E-state index contributed by atoms with van der Waals surface area (Å²) in [5.74, 6) is 0.748. The Morgan fingerprint density at radius 2 is 2.22 bits per heavy atom. The summed E-state index contributed by atoms with van der Waals surface area (Å²) in [6, 6.07) is 0.273. The molecule has 3 unspecified atom stereocenters. The van der Waals surface area contributed by atoms with E-state index in [-0.39, 0.29) is 12.0 Å². The Labute approximate surface area is 55.4 Å². The van der Waals surface area contributed by atoms with Crippen LogP contribution in [-0.4, -0.2) is 12.3 Å². The summed E-state index contributed by atoms with van der Waals surface area (Å²) in [6.45, 7) is 2.09. The molecule has 0 heterocycles. The molecule has 1 saturated carbocycles. The molecule has 0 aromatic heterocycles. The molecule has 0 bridgehead atoms. The molecular weight excluding hydrogens is 114 g/mol. The van der Waals surface area contributed by atoms with Gasteiger partial charge in [-0.15, -0.1) is 0 Å². The van der Waals surface area contributed by atoms with Crippen molar-refractivity contribution in [3.05, 3.63) is 0 Å². The van der Waals surface area contributed by atoms with E-state index in [2.05, 4.69) is 6.92 Å². The van der Waals surface area contributed by atoms with E-state index in [1.54, 1.807) is 0 Å². The summed E-state index contributed by atoms with van der Waals surface area (Å²) in [6.07, 6.45) is 2.95. The molecule has 2 N–H and O–H groups in total. The van der Waals surface area contributed by atoms with Crippen LogP contribution in [0.15, 0.2) is 0 Å². The first kappa shape index (κ1) is 6.75. The van der Waals surface area contributed by atoms with Gasteiger partial charge in [0.2, 0.25) is 0 Å². The highest BCUT2D eigenvalue weighted by molar-refractivity contribution is 5.54. The van der Waals surface area contributed by atoms with Crippen molar-refractivity contribution in [1.29, 1.82) is 0 Å². The van der Waals surface area contributed by atoms with E-state index in [1.807, 2.05) is 0 Å². The predicted molar refractivity (Wildman–Crippen MR) is 35.9 cm³/mol. The van der Waals surface area contributed by atoms with Crippen LogP contribution in [-0.2, 0) is 4.79 Å². The van der Waals surface area contributed by atoms with Gasteiger partial charge in [-0.05, 0) is 18.8 Å². The van der Waals surface area contributed by atoms with Crippen molar-refractivity contribution in [2.24, 2.45) is 17.6 Å². The monoisotopic (exact) mass is 127 g/mol. The molecule has 1 fully saturated rings. The van der Waals surface area contributed by atoms with E-state index >= 15 is 0 Å². The Morgan fingerprint density at radius 1 is 1.56 bits per heavy atom. The molecule has 3 atom stereocenters. The average molecular weight is 127 g/mol. The van der Waals surface area contributed by atoms with E-state index in [4.69, 9.17) is 5.73 Å². The van der Waals surface area contributed by atoms with Gasteiger partial charge in [0.15, 0.2) is 0 Å². The van der Waals surface area contributed by atoms with E-state index in [9.17, 15) is 4.79 Å². The van der Waals surface area contributed by atoms with Gasteiger partial charge in [0.25, 0.3) is 0 Å². The van der Waals surface area contributed by atoms with Gasteiger partial charge in [-0.25, -0.2) is 0 Å². The van der Waals surface area contributed by atoms with Crippen LogP contribution in [0.5, 0.6) is 0 Å². The summed E-state index contributed by atoms with van der Waals surface area (Å²) >= 11 is 0. The Morgan fingerprint density at radius 3 is 2.44 bits per heavy atom. The van der Waals surface area contributed by atoms with Gasteiger partial charge in [-0.3, -0.25) is 0 Å². The number of carbonyl (C=O) groups excluding carboxylic acids is 1. The zero-order valence-corrected chi connectivity index (χ0v) is 5.71. The molecule has 0 aliphatic heterocycles. The molecule has 2 heteroatoms. The third kappa shape index (κ3) is 1.30. The first-order valence-electron chi connectivity index (χ1n) is 3.45. The highest BCUT2D eigenvalue weighted by atomic mass is 16.1. The van der Waals surface area contributed by atoms with Gasteiger partial charge < -0.3 is 10.5 Å². The molecule has 9 heavy (non-hydrogen) atoms. The number of rotatable bonds is 1. The lowest BCUT2D eigenvalue weighted by molar-refractivity contribution is -0.111. The molecule has 1 aliphatic carbocycles. The number of carbonyl (C=O) groups is 1. The minimum atomic E-state index is 0.236. The first-order chi connectivity index (χ1) is 4.24. The Kier molecular flexibility index (Phi) is 1.86. The van der Waals surface area contributed by atoms with Crippen LogP contribution in [0.25, 0.3) is 0 Å². The summed E-state index contributed by atoms with van der Waals surface area (Å²) in [5, 5.41) is 0. The van der Waals surface area contributed by atoms with Crippen LogP contribution in [0.3, 0.4) is 0 Å². The van der Waals surface area contributed by atoms with Crippen LogP contribution in [0.1, 0.15) is 19.8 Å². The molecule has 0 radical (unpaired) electrons. The molecule has 0 spiro atoms. The maximum absolute atomic E-state index is 10.3. The molecule has 1 aliphatic rings. The average Bonchev–Trinajstić information content (AvgIpc) is 2.10. The van der Waals surface area contributed by atoms with Crippen molar-refractivity contribution in [3.8, 4) is 0 Å². The number of nitrogens with two attached hydrogens (primary N) is 1. The molecule has 1 rings (SSSR count). The number of hydrogen-bond donors (Lipinski definition) is 1. The van der Waals surface area contributed by atoms with Gasteiger partial charge in [0.1, 0.15) is 6.29 Å². The van der Waals surface area contributed by atoms with Crippen molar-refractivity contribution in [3.63, 3.8) is 0 Å². The summed E-state index contributed by atoms with van der Waals surface area (Å²) < 4.78 is 0. The fraction of sp³-hybridized carbons (Fsp3) is 0.857. The van der Waals surface area contributed by atoms with Crippen molar-refractivity contribution >= 4 is 6.29 Å². The molecule has 0 aromatic rings. The van der Waals surface area contributed by atoms with E-state index < -0.39 is 0 Å². The van der Waals surface area contributed by atoms with Crippen LogP contribution in [0, 0.1) is 11.8 Å². The second-order valence-electron chi connectivity index (χ2n) is 3.01. The quantitative estimate of drug-likeness (QED) is 0.523. The Bertz CT molecular complexity index is 113. The van der Waals surface area contributed by atoms with Crippen LogP contribution >= 0.6 is 0 Å². The Balaban J connectivity index is 2.47. The largest absolute Gasteiger partial charge is 0.328 e. The van der Waals surface area contributed by atoms with Crippen molar-refractivity contribution in [2.75, 3.05) is 0 Å². The van der Waals surface area contributed by atoms with Gasteiger partial charge in [-0.1, -0.05) is 6.92 Å². The maximum Gasteiger partial charge on any atom is 0.123 e. The van der Waals surface area contributed by atoms with Gasteiger partial charge >= 0.3 is 0 Å². The van der Waals surface area contributed by atoms with Crippen molar-refractivity contribution < 1.29 is 4.79 Å².